The Labute approximate surface area is 152 Å². The van der Waals surface area contributed by atoms with Crippen LogP contribution in [0.15, 0.2) is 24.3 Å². The van der Waals surface area contributed by atoms with Crippen molar-refractivity contribution in [3.8, 4) is 5.75 Å². The minimum atomic E-state index is 0.646. The molecule has 4 nitrogen and oxygen atoms in total. The second-order valence-electron chi connectivity index (χ2n) is 6.26. The number of para-hydroxylation sites is 2. The van der Waals surface area contributed by atoms with Gasteiger partial charge in [-0.3, -0.25) is 0 Å². The average molecular weight is 350 g/mol. The predicted molar refractivity (Wildman–Crippen MR) is 106 cm³/mol. The first-order valence-corrected chi connectivity index (χ1v) is 9.66. The number of ether oxygens (including phenoxy) is 1. The van der Waals surface area contributed by atoms with E-state index < -0.39 is 0 Å². The van der Waals surface area contributed by atoms with E-state index in [0.29, 0.717) is 11.7 Å². The van der Waals surface area contributed by atoms with E-state index in [1.807, 2.05) is 31.2 Å². The highest BCUT2D eigenvalue weighted by molar-refractivity contribution is 7.80. The molecule has 2 N–H and O–H groups in total. The van der Waals surface area contributed by atoms with E-state index in [-0.39, 0.29) is 0 Å². The Morgan fingerprint density at radius 1 is 1.29 bits per heavy atom. The molecule has 1 aromatic carbocycles. The number of hydrogen-bond acceptors (Lipinski definition) is 3. The van der Waals surface area contributed by atoms with Gasteiger partial charge in [-0.25, -0.2) is 0 Å². The van der Waals surface area contributed by atoms with Crippen LogP contribution in [0.5, 0.6) is 5.75 Å². The summed E-state index contributed by atoms with van der Waals surface area (Å²) >= 11 is 5.40. The molecule has 0 radical (unpaired) electrons. The van der Waals surface area contributed by atoms with Gasteiger partial charge in [0.1, 0.15) is 5.75 Å². The Kier molecular flexibility index (Phi) is 8.33. The van der Waals surface area contributed by atoms with Crippen LogP contribution < -0.4 is 15.4 Å². The fraction of sp³-hybridized carbons (Fsp3) is 0.632. The van der Waals surface area contributed by atoms with Crippen molar-refractivity contribution in [1.29, 1.82) is 0 Å². The SMILES string of the molecule is CCOc1ccccc1NC(=S)NCCCN1CCCC[C@@H]1CC. The van der Waals surface area contributed by atoms with Crippen molar-refractivity contribution in [2.45, 2.75) is 52.0 Å². The smallest absolute Gasteiger partial charge is 0.170 e. The maximum atomic E-state index is 5.61. The van der Waals surface area contributed by atoms with Gasteiger partial charge in [0.25, 0.3) is 0 Å². The molecule has 1 saturated heterocycles. The van der Waals surface area contributed by atoms with Crippen LogP contribution in [0.2, 0.25) is 0 Å². The van der Waals surface area contributed by atoms with Gasteiger partial charge in [0.15, 0.2) is 5.11 Å². The van der Waals surface area contributed by atoms with Crippen LogP contribution in [0.25, 0.3) is 0 Å². The molecule has 0 bridgehead atoms. The molecule has 134 valence electrons. The van der Waals surface area contributed by atoms with Crippen LogP contribution in [-0.4, -0.2) is 42.3 Å². The van der Waals surface area contributed by atoms with E-state index in [0.717, 1.165) is 37.0 Å². The van der Waals surface area contributed by atoms with Crippen molar-refractivity contribution in [3.63, 3.8) is 0 Å². The lowest BCUT2D eigenvalue weighted by molar-refractivity contribution is 0.143. The van der Waals surface area contributed by atoms with Crippen molar-refractivity contribution >= 4 is 23.0 Å². The molecule has 0 spiro atoms. The fourth-order valence-corrected chi connectivity index (χ4v) is 3.53. The molecule has 0 amide bonds. The Morgan fingerprint density at radius 3 is 2.92 bits per heavy atom. The highest BCUT2D eigenvalue weighted by atomic mass is 32.1. The maximum absolute atomic E-state index is 5.61. The first kappa shape index (κ1) is 19.0. The number of hydrogen-bond donors (Lipinski definition) is 2. The molecule has 1 fully saturated rings. The zero-order chi connectivity index (χ0) is 17.2. The third-order valence-corrected chi connectivity index (χ3v) is 4.81. The molecule has 5 heteroatoms. The topological polar surface area (TPSA) is 36.5 Å². The quantitative estimate of drug-likeness (QED) is 0.547. The van der Waals surface area contributed by atoms with Crippen LogP contribution in [0.4, 0.5) is 5.69 Å². The Morgan fingerprint density at radius 2 is 2.12 bits per heavy atom. The maximum Gasteiger partial charge on any atom is 0.170 e. The largest absolute Gasteiger partial charge is 0.492 e. The summed E-state index contributed by atoms with van der Waals surface area (Å²) in [4.78, 5) is 2.64. The summed E-state index contributed by atoms with van der Waals surface area (Å²) < 4.78 is 5.61. The number of thiocarbonyl (C=S) groups is 1. The van der Waals surface area contributed by atoms with Gasteiger partial charge in [-0.15, -0.1) is 0 Å². The summed E-state index contributed by atoms with van der Waals surface area (Å²) in [6.07, 6.45) is 6.48. The Bertz CT molecular complexity index is 509. The van der Waals surface area contributed by atoms with Crippen LogP contribution in [-0.2, 0) is 0 Å². The second kappa shape index (κ2) is 10.5. The minimum Gasteiger partial charge on any atom is -0.492 e. The molecule has 1 heterocycles. The number of benzene rings is 1. The number of rotatable bonds is 8. The summed E-state index contributed by atoms with van der Waals surface area (Å²) in [6, 6.07) is 8.67. The molecule has 1 aliphatic rings. The lowest BCUT2D eigenvalue weighted by Crippen LogP contribution is -2.40. The van der Waals surface area contributed by atoms with E-state index in [9.17, 15) is 0 Å². The van der Waals surface area contributed by atoms with Crippen molar-refractivity contribution in [2.75, 3.05) is 31.6 Å². The van der Waals surface area contributed by atoms with Gasteiger partial charge >= 0.3 is 0 Å². The van der Waals surface area contributed by atoms with Gasteiger partial charge < -0.3 is 20.3 Å². The predicted octanol–water partition coefficient (Wildman–Crippen LogP) is 4.03. The lowest BCUT2D eigenvalue weighted by atomic mass is 10.00. The van der Waals surface area contributed by atoms with E-state index in [1.165, 1.54) is 32.2 Å². The van der Waals surface area contributed by atoms with Crippen molar-refractivity contribution < 1.29 is 4.74 Å². The van der Waals surface area contributed by atoms with Gasteiger partial charge in [-0.05, 0) is 63.5 Å². The Balaban J connectivity index is 1.70. The molecule has 24 heavy (non-hydrogen) atoms. The minimum absolute atomic E-state index is 0.646. The molecular weight excluding hydrogens is 318 g/mol. The van der Waals surface area contributed by atoms with Crippen LogP contribution >= 0.6 is 12.2 Å². The number of nitrogens with zero attached hydrogens (tertiary/aromatic N) is 1. The van der Waals surface area contributed by atoms with E-state index >= 15 is 0 Å². The van der Waals surface area contributed by atoms with Crippen LogP contribution in [0.3, 0.4) is 0 Å². The van der Waals surface area contributed by atoms with Crippen molar-refractivity contribution in [2.24, 2.45) is 0 Å². The van der Waals surface area contributed by atoms with E-state index in [1.54, 1.807) is 0 Å². The summed E-state index contributed by atoms with van der Waals surface area (Å²) in [7, 11) is 0. The average Bonchev–Trinajstić information content (AvgIpc) is 2.61. The zero-order valence-electron chi connectivity index (χ0n) is 15.0. The van der Waals surface area contributed by atoms with Gasteiger partial charge in [0.2, 0.25) is 0 Å². The first-order valence-electron chi connectivity index (χ1n) is 9.25. The van der Waals surface area contributed by atoms with Gasteiger partial charge in [0.05, 0.1) is 12.3 Å². The van der Waals surface area contributed by atoms with Crippen molar-refractivity contribution in [1.82, 2.24) is 10.2 Å². The zero-order valence-corrected chi connectivity index (χ0v) is 15.8. The second-order valence-corrected chi connectivity index (χ2v) is 6.67. The highest BCUT2D eigenvalue weighted by Crippen LogP contribution is 2.23. The molecular formula is C19H31N3OS. The van der Waals surface area contributed by atoms with Gasteiger partial charge in [-0.1, -0.05) is 25.5 Å². The number of anilines is 1. The number of piperidine rings is 1. The molecule has 0 aliphatic carbocycles. The molecule has 1 aromatic rings. The highest BCUT2D eigenvalue weighted by Gasteiger charge is 2.19. The van der Waals surface area contributed by atoms with Crippen LogP contribution in [0, 0.1) is 0 Å². The third kappa shape index (κ3) is 5.95. The Hall–Kier alpha value is -1.33. The number of likely N-dealkylation sites (tertiary alicyclic amines) is 1. The standard InChI is InChI=1S/C19H31N3OS/c1-3-16-10-7-8-14-22(16)15-9-13-20-19(24)21-17-11-5-6-12-18(17)23-4-2/h5-6,11-12,16H,3-4,7-10,13-15H2,1-2H3,(H2,20,21,24)/t16-/m0/s1. The fourth-order valence-electron chi connectivity index (χ4n) is 3.32. The summed E-state index contributed by atoms with van der Waals surface area (Å²) in [5.41, 5.74) is 0.916. The van der Waals surface area contributed by atoms with Crippen molar-refractivity contribution in [3.05, 3.63) is 24.3 Å². The van der Waals surface area contributed by atoms with Gasteiger partial charge in [0, 0.05) is 19.1 Å². The summed E-state index contributed by atoms with van der Waals surface area (Å²) in [6.45, 7) is 8.24. The monoisotopic (exact) mass is 349 g/mol. The molecule has 1 atom stereocenters. The normalized spacial score (nSPS) is 18.2. The van der Waals surface area contributed by atoms with E-state index in [4.69, 9.17) is 17.0 Å². The molecule has 1 aliphatic heterocycles. The van der Waals surface area contributed by atoms with Gasteiger partial charge in [-0.2, -0.15) is 0 Å². The molecule has 0 saturated carbocycles. The summed E-state index contributed by atoms with van der Waals surface area (Å²) in [5.74, 6) is 0.836. The molecule has 0 aromatic heterocycles. The third-order valence-electron chi connectivity index (χ3n) is 4.56. The number of nitrogens with one attached hydrogen (secondary N) is 2. The lowest BCUT2D eigenvalue weighted by Gasteiger charge is -2.35. The molecule has 0 unspecified atom stereocenters. The van der Waals surface area contributed by atoms with E-state index in [2.05, 4.69) is 22.5 Å². The van der Waals surface area contributed by atoms with Crippen LogP contribution in [0.1, 0.15) is 46.0 Å². The first-order chi connectivity index (χ1) is 11.7. The summed E-state index contributed by atoms with van der Waals surface area (Å²) in [5, 5.41) is 7.21. The molecule has 2 rings (SSSR count).